The van der Waals surface area contributed by atoms with E-state index in [0.29, 0.717) is 0 Å². The molecule has 0 aromatic heterocycles. The molecule has 0 aromatic rings. The second kappa shape index (κ2) is 3.23. The minimum Gasteiger partial charge on any atom is -0.288 e. The van der Waals surface area contributed by atoms with Gasteiger partial charge >= 0.3 is 0 Å². The van der Waals surface area contributed by atoms with Gasteiger partial charge in [0.15, 0.2) is 0 Å². The van der Waals surface area contributed by atoms with Crippen LogP contribution in [-0.4, -0.2) is 5.17 Å². The normalized spacial score (nSPS) is 10.4. The Labute approximate surface area is 52.9 Å². The van der Waals surface area contributed by atoms with E-state index in [-0.39, 0.29) is 10.7 Å². The minimum atomic E-state index is -0.199. The minimum absolute atomic E-state index is 0.199. The van der Waals surface area contributed by atoms with Gasteiger partial charge in [-0.3, -0.25) is 5.41 Å². The van der Waals surface area contributed by atoms with Gasteiger partial charge in [-0.2, -0.15) is 5.26 Å². The molecule has 0 fully saturated rings. The molecule has 42 valence electrons. The summed E-state index contributed by atoms with van der Waals surface area (Å²) in [7, 11) is 0. The van der Waals surface area contributed by atoms with Crippen LogP contribution in [0.1, 0.15) is 6.92 Å². The van der Waals surface area contributed by atoms with E-state index in [1.54, 1.807) is 13.0 Å². The fourth-order valence-corrected chi connectivity index (χ4v) is 0.392. The van der Waals surface area contributed by atoms with Crippen LogP contribution in [0.2, 0.25) is 0 Å². The highest BCUT2D eigenvalue weighted by Crippen LogP contribution is 1.96. The lowest BCUT2D eigenvalue weighted by molar-refractivity contribution is 1.48. The SMILES string of the molecule is C/C=C(/C#N)C(=N)Cl. The summed E-state index contributed by atoms with van der Waals surface area (Å²) in [5.41, 5.74) is 0.215. The number of rotatable bonds is 1. The van der Waals surface area contributed by atoms with Crippen molar-refractivity contribution in [1.82, 2.24) is 0 Å². The Morgan fingerprint density at radius 3 is 2.38 bits per heavy atom. The maximum atomic E-state index is 8.15. The van der Waals surface area contributed by atoms with Crippen LogP contribution in [0.25, 0.3) is 0 Å². The number of allylic oxidation sites excluding steroid dienone is 2. The van der Waals surface area contributed by atoms with Gasteiger partial charge in [0, 0.05) is 0 Å². The zero-order valence-electron chi connectivity index (χ0n) is 4.40. The quantitative estimate of drug-likeness (QED) is 0.424. The molecule has 3 heteroatoms. The lowest BCUT2D eigenvalue weighted by Gasteiger charge is -1.83. The van der Waals surface area contributed by atoms with Crippen molar-refractivity contribution in [2.24, 2.45) is 0 Å². The van der Waals surface area contributed by atoms with Crippen LogP contribution >= 0.6 is 11.6 Å². The summed E-state index contributed by atoms with van der Waals surface area (Å²) in [4.78, 5) is 0. The van der Waals surface area contributed by atoms with Crippen molar-refractivity contribution in [1.29, 1.82) is 10.7 Å². The Morgan fingerprint density at radius 2 is 2.38 bits per heavy atom. The first kappa shape index (κ1) is 7.19. The van der Waals surface area contributed by atoms with E-state index in [1.807, 2.05) is 0 Å². The lowest BCUT2D eigenvalue weighted by Crippen LogP contribution is -1.85. The third kappa shape index (κ3) is 1.76. The van der Waals surface area contributed by atoms with Crippen molar-refractivity contribution in [2.75, 3.05) is 0 Å². The topological polar surface area (TPSA) is 47.6 Å². The summed E-state index contributed by atoms with van der Waals surface area (Å²) in [6.07, 6.45) is 1.50. The Morgan fingerprint density at radius 1 is 1.88 bits per heavy atom. The average Bonchev–Trinajstić information content (AvgIpc) is 1.69. The molecule has 0 saturated heterocycles. The fourth-order valence-electron chi connectivity index (χ4n) is 0.240. The molecule has 0 rings (SSSR count). The van der Waals surface area contributed by atoms with Crippen LogP contribution < -0.4 is 0 Å². The molecule has 0 amide bonds. The highest BCUT2D eigenvalue weighted by Gasteiger charge is 1.94. The summed E-state index contributed by atoms with van der Waals surface area (Å²) < 4.78 is 0. The molecule has 0 atom stereocenters. The molecule has 0 saturated carbocycles. The molecule has 0 aliphatic rings. The highest BCUT2D eigenvalue weighted by molar-refractivity contribution is 6.69. The van der Waals surface area contributed by atoms with Crippen LogP contribution in [0.5, 0.6) is 0 Å². The van der Waals surface area contributed by atoms with E-state index in [4.69, 9.17) is 22.3 Å². The van der Waals surface area contributed by atoms with Gasteiger partial charge in [-0.1, -0.05) is 17.7 Å². The Bertz CT molecular complexity index is 164. The maximum absolute atomic E-state index is 8.15. The van der Waals surface area contributed by atoms with Crippen LogP contribution in [0.3, 0.4) is 0 Å². The van der Waals surface area contributed by atoms with Crippen molar-refractivity contribution in [3.63, 3.8) is 0 Å². The van der Waals surface area contributed by atoms with Crippen molar-refractivity contribution in [3.05, 3.63) is 11.6 Å². The fraction of sp³-hybridized carbons (Fsp3) is 0.200. The van der Waals surface area contributed by atoms with Crippen molar-refractivity contribution < 1.29 is 0 Å². The number of hydrogen-bond donors (Lipinski definition) is 1. The summed E-state index contributed by atoms with van der Waals surface area (Å²) in [5.74, 6) is 0. The molecule has 0 heterocycles. The predicted molar refractivity (Wildman–Crippen MR) is 32.9 cm³/mol. The number of hydrogen-bond acceptors (Lipinski definition) is 2. The molecule has 0 bridgehead atoms. The largest absolute Gasteiger partial charge is 0.288 e. The van der Waals surface area contributed by atoms with Crippen molar-refractivity contribution in [2.45, 2.75) is 6.92 Å². The second-order valence-corrected chi connectivity index (χ2v) is 1.51. The first-order valence-electron chi connectivity index (χ1n) is 2.03. The summed E-state index contributed by atoms with van der Waals surface area (Å²) in [6, 6.07) is 1.76. The Hall–Kier alpha value is -0.810. The zero-order valence-corrected chi connectivity index (χ0v) is 5.16. The van der Waals surface area contributed by atoms with E-state index in [1.165, 1.54) is 6.08 Å². The van der Waals surface area contributed by atoms with Crippen LogP contribution in [0, 0.1) is 16.7 Å². The van der Waals surface area contributed by atoms with E-state index < -0.39 is 0 Å². The molecular formula is C5H5ClN2. The maximum Gasteiger partial charge on any atom is 0.138 e. The monoisotopic (exact) mass is 128 g/mol. The molecule has 1 N–H and O–H groups in total. The smallest absolute Gasteiger partial charge is 0.138 e. The van der Waals surface area contributed by atoms with Gasteiger partial charge in [-0.05, 0) is 6.92 Å². The van der Waals surface area contributed by atoms with Gasteiger partial charge in [0.1, 0.15) is 11.2 Å². The predicted octanol–water partition coefficient (Wildman–Crippen LogP) is 1.67. The van der Waals surface area contributed by atoms with E-state index >= 15 is 0 Å². The molecule has 8 heavy (non-hydrogen) atoms. The van der Waals surface area contributed by atoms with Crippen molar-refractivity contribution >= 4 is 16.8 Å². The highest BCUT2D eigenvalue weighted by atomic mass is 35.5. The summed E-state index contributed by atoms with van der Waals surface area (Å²) in [5, 5.41) is 14.7. The van der Waals surface area contributed by atoms with Gasteiger partial charge in [0.25, 0.3) is 0 Å². The lowest BCUT2D eigenvalue weighted by atomic mass is 10.3. The second-order valence-electron chi connectivity index (χ2n) is 1.13. The molecule has 0 aliphatic carbocycles. The Balaban J connectivity index is 4.20. The third-order valence-electron chi connectivity index (χ3n) is 0.646. The summed E-state index contributed by atoms with van der Waals surface area (Å²) >= 11 is 5.14. The first-order valence-corrected chi connectivity index (χ1v) is 2.41. The van der Waals surface area contributed by atoms with Crippen LogP contribution in [0.15, 0.2) is 11.6 Å². The van der Waals surface area contributed by atoms with Gasteiger partial charge in [0.05, 0.1) is 5.57 Å². The Kier molecular flexibility index (Phi) is 2.90. The van der Waals surface area contributed by atoms with Crippen molar-refractivity contribution in [3.8, 4) is 6.07 Å². The van der Waals surface area contributed by atoms with Crippen LogP contribution in [0.4, 0.5) is 0 Å². The number of halogens is 1. The standard InChI is InChI=1S/C5H5ClN2/c1-2-4(3-7)5(6)8/h2,8H,1H3/b4-2-,8-5?. The molecular weight excluding hydrogens is 124 g/mol. The first-order chi connectivity index (χ1) is 3.72. The molecule has 0 spiro atoms. The van der Waals surface area contributed by atoms with Gasteiger partial charge < -0.3 is 0 Å². The van der Waals surface area contributed by atoms with Crippen LogP contribution in [-0.2, 0) is 0 Å². The molecule has 0 radical (unpaired) electrons. The molecule has 0 aliphatic heterocycles. The van der Waals surface area contributed by atoms with Gasteiger partial charge in [-0.25, -0.2) is 0 Å². The molecule has 0 unspecified atom stereocenters. The summed E-state index contributed by atoms with van der Waals surface area (Å²) in [6.45, 7) is 1.66. The van der Waals surface area contributed by atoms with E-state index in [0.717, 1.165) is 0 Å². The van der Waals surface area contributed by atoms with Gasteiger partial charge in [-0.15, -0.1) is 0 Å². The average molecular weight is 129 g/mol. The van der Waals surface area contributed by atoms with Gasteiger partial charge in [0.2, 0.25) is 0 Å². The van der Waals surface area contributed by atoms with E-state index in [2.05, 4.69) is 0 Å². The molecule has 2 nitrogen and oxygen atoms in total. The number of nitriles is 1. The number of nitrogens with zero attached hydrogens (tertiary/aromatic N) is 1. The van der Waals surface area contributed by atoms with E-state index in [9.17, 15) is 0 Å². The molecule has 0 aromatic carbocycles. The third-order valence-corrected chi connectivity index (χ3v) is 0.849. The zero-order chi connectivity index (χ0) is 6.57. The number of nitrogens with one attached hydrogen (secondary N) is 1.